The average molecular weight is 289 g/mol. The molecule has 1 aromatic carbocycles. The van der Waals surface area contributed by atoms with Crippen molar-refractivity contribution in [2.75, 3.05) is 19.0 Å². The first kappa shape index (κ1) is 14.6. The van der Waals surface area contributed by atoms with Gasteiger partial charge in [-0.1, -0.05) is 19.1 Å². The van der Waals surface area contributed by atoms with Gasteiger partial charge in [0.2, 0.25) is 0 Å². The van der Waals surface area contributed by atoms with Gasteiger partial charge in [-0.05, 0) is 29.8 Å². The van der Waals surface area contributed by atoms with Crippen molar-refractivity contribution in [1.82, 2.24) is 0 Å². The summed E-state index contributed by atoms with van der Waals surface area (Å²) in [6.07, 6.45) is 0.180. The Morgan fingerprint density at radius 1 is 1.20 bits per heavy atom. The lowest BCUT2D eigenvalue weighted by atomic mass is 10.1. The predicted octanol–water partition coefficient (Wildman–Crippen LogP) is 4.06. The van der Waals surface area contributed by atoms with Gasteiger partial charge in [0, 0.05) is 35.5 Å². The minimum atomic E-state index is -0.747. The SMILES string of the molecule is CC(CC(=O)O)c1ccc(-c2ccc(N(C)C)cc2)s1. The summed E-state index contributed by atoms with van der Waals surface area (Å²) in [4.78, 5) is 15.1. The highest BCUT2D eigenvalue weighted by Crippen LogP contribution is 2.34. The summed E-state index contributed by atoms with van der Waals surface area (Å²) >= 11 is 1.67. The van der Waals surface area contributed by atoms with Crippen molar-refractivity contribution in [1.29, 1.82) is 0 Å². The van der Waals surface area contributed by atoms with E-state index in [2.05, 4.69) is 35.2 Å². The van der Waals surface area contributed by atoms with Crippen LogP contribution in [0.4, 0.5) is 5.69 Å². The third-order valence-corrected chi connectivity index (χ3v) is 4.63. The molecule has 0 amide bonds. The number of thiophene rings is 1. The van der Waals surface area contributed by atoms with E-state index in [1.165, 1.54) is 16.1 Å². The first-order valence-corrected chi connectivity index (χ1v) is 7.38. The number of anilines is 1. The van der Waals surface area contributed by atoms with Crippen LogP contribution in [0.2, 0.25) is 0 Å². The van der Waals surface area contributed by atoms with Crippen molar-refractivity contribution in [2.45, 2.75) is 19.3 Å². The highest BCUT2D eigenvalue weighted by atomic mass is 32.1. The smallest absolute Gasteiger partial charge is 0.303 e. The highest BCUT2D eigenvalue weighted by molar-refractivity contribution is 7.15. The summed E-state index contributed by atoms with van der Waals surface area (Å²) in [5, 5.41) is 8.85. The van der Waals surface area contributed by atoms with Crippen LogP contribution in [0.1, 0.15) is 24.1 Å². The van der Waals surface area contributed by atoms with Gasteiger partial charge >= 0.3 is 5.97 Å². The van der Waals surface area contributed by atoms with Gasteiger partial charge in [-0.2, -0.15) is 0 Å². The Bertz CT molecular complexity index is 587. The number of hydrogen-bond donors (Lipinski definition) is 1. The number of carbonyl (C=O) groups is 1. The molecule has 0 aliphatic carbocycles. The van der Waals surface area contributed by atoms with E-state index in [1.54, 1.807) is 11.3 Å². The van der Waals surface area contributed by atoms with E-state index >= 15 is 0 Å². The third-order valence-electron chi connectivity index (χ3n) is 3.26. The lowest BCUT2D eigenvalue weighted by Crippen LogP contribution is -2.07. The van der Waals surface area contributed by atoms with Crippen LogP contribution in [0, 0.1) is 0 Å². The zero-order valence-electron chi connectivity index (χ0n) is 12.0. The molecule has 3 nitrogen and oxygen atoms in total. The largest absolute Gasteiger partial charge is 0.481 e. The molecule has 0 radical (unpaired) electrons. The second-order valence-corrected chi connectivity index (χ2v) is 6.26. The first-order chi connectivity index (χ1) is 9.47. The van der Waals surface area contributed by atoms with E-state index < -0.39 is 5.97 Å². The van der Waals surface area contributed by atoms with Crippen molar-refractivity contribution in [3.05, 3.63) is 41.3 Å². The molecule has 1 heterocycles. The Morgan fingerprint density at radius 2 is 1.85 bits per heavy atom. The summed E-state index contributed by atoms with van der Waals surface area (Å²) in [5.41, 5.74) is 2.35. The zero-order valence-corrected chi connectivity index (χ0v) is 12.8. The fourth-order valence-electron chi connectivity index (χ4n) is 2.06. The molecule has 2 rings (SSSR count). The van der Waals surface area contributed by atoms with Gasteiger partial charge in [0.25, 0.3) is 0 Å². The molecule has 0 spiro atoms. The van der Waals surface area contributed by atoms with Gasteiger partial charge in [0.1, 0.15) is 0 Å². The fraction of sp³-hybridized carbons (Fsp3) is 0.312. The summed E-state index contributed by atoms with van der Waals surface area (Å²) < 4.78 is 0. The van der Waals surface area contributed by atoms with Gasteiger partial charge in [0.15, 0.2) is 0 Å². The van der Waals surface area contributed by atoms with E-state index in [0.29, 0.717) is 0 Å². The molecule has 106 valence electrons. The monoisotopic (exact) mass is 289 g/mol. The van der Waals surface area contributed by atoms with Crippen LogP contribution in [-0.2, 0) is 4.79 Å². The Morgan fingerprint density at radius 3 is 2.40 bits per heavy atom. The van der Waals surface area contributed by atoms with E-state index in [4.69, 9.17) is 5.11 Å². The average Bonchev–Trinajstić information content (AvgIpc) is 2.87. The van der Waals surface area contributed by atoms with E-state index in [9.17, 15) is 4.79 Å². The number of aliphatic carboxylic acids is 1. The second kappa shape index (κ2) is 6.09. The molecule has 1 unspecified atom stereocenters. The maximum atomic E-state index is 10.8. The third kappa shape index (κ3) is 3.39. The van der Waals surface area contributed by atoms with E-state index in [1.807, 2.05) is 27.1 Å². The van der Waals surface area contributed by atoms with Crippen LogP contribution in [0.3, 0.4) is 0 Å². The molecule has 0 saturated carbocycles. The Kier molecular flexibility index (Phi) is 4.45. The number of carboxylic acids is 1. The molecule has 0 bridgehead atoms. The predicted molar refractivity (Wildman–Crippen MR) is 84.7 cm³/mol. The quantitative estimate of drug-likeness (QED) is 0.902. The Hall–Kier alpha value is -1.81. The van der Waals surface area contributed by atoms with E-state index in [0.717, 1.165) is 4.88 Å². The molecule has 1 aromatic heterocycles. The number of rotatable bonds is 5. The molecule has 1 atom stereocenters. The van der Waals surface area contributed by atoms with Crippen LogP contribution >= 0.6 is 11.3 Å². The van der Waals surface area contributed by atoms with Gasteiger partial charge < -0.3 is 10.0 Å². The Balaban J connectivity index is 2.17. The summed E-state index contributed by atoms with van der Waals surface area (Å²) in [6.45, 7) is 1.96. The molecular weight excluding hydrogens is 270 g/mol. The molecule has 0 fully saturated rings. The summed E-state index contributed by atoms with van der Waals surface area (Å²) in [5.74, 6) is -0.685. The molecule has 0 aliphatic heterocycles. The van der Waals surface area contributed by atoms with Crippen molar-refractivity contribution >= 4 is 23.0 Å². The van der Waals surface area contributed by atoms with Crippen molar-refractivity contribution in [3.8, 4) is 10.4 Å². The molecule has 2 aromatic rings. The lowest BCUT2D eigenvalue weighted by Gasteiger charge is -2.12. The Labute approximate surface area is 123 Å². The molecule has 4 heteroatoms. The normalized spacial score (nSPS) is 12.2. The summed E-state index contributed by atoms with van der Waals surface area (Å²) in [7, 11) is 4.04. The van der Waals surface area contributed by atoms with Crippen molar-refractivity contribution < 1.29 is 9.90 Å². The molecule has 20 heavy (non-hydrogen) atoms. The number of carboxylic acid groups (broad SMARTS) is 1. The maximum Gasteiger partial charge on any atom is 0.303 e. The highest BCUT2D eigenvalue weighted by Gasteiger charge is 2.13. The van der Waals surface area contributed by atoms with Crippen LogP contribution in [0.25, 0.3) is 10.4 Å². The number of hydrogen-bond acceptors (Lipinski definition) is 3. The number of benzene rings is 1. The van der Waals surface area contributed by atoms with Crippen molar-refractivity contribution in [2.24, 2.45) is 0 Å². The van der Waals surface area contributed by atoms with Gasteiger partial charge in [-0.15, -0.1) is 11.3 Å². The van der Waals surface area contributed by atoms with E-state index in [-0.39, 0.29) is 12.3 Å². The fourth-order valence-corrected chi connectivity index (χ4v) is 3.12. The first-order valence-electron chi connectivity index (χ1n) is 6.56. The topological polar surface area (TPSA) is 40.5 Å². The minimum absolute atomic E-state index is 0.0623. The molecule has 0 aliphatic rings. The van der Waals surface area contributed by atoms with Gasteiger partial charge in [-0.25, -0.2) is 0 Å². The van der Waals surface area contributed by atoms with Crippen LogP contribution in [-0.4, -0.2) is 25.2 Å². The van der Waals surface area contributed by atoms with Gasteiger partial charge in [-0.3, -0.25) is 4.79 Å². The van der Waals surface area contributed by atoms with Gasteiger partial charge in [0.05, 0.1) is 6.42 Å². The molecular formula is C16H19NO2S. The lowest BCUT2D eigenvalue weighted by molar-refractivity contribution is -0.137. The zero-order chi connectivity index (χ0) is 14.7. The van der Waals surface area contributed by atoms with Crippen LogP contribution in [0.5, 0.6) is 0 Å². The molecule has 1 N–H and O–H groups in total. The minimum Gasteiger partial charge on any atom is -0.481 e. The maximum absolute atomic E-state index is 10.8. The van der Waals surface area contributed by atoms with Crippen LogP contribution in [0.15, 0.2) is 36.4 Å². The molecule has 0 saturated heterocycles. The number of nitrogens with zero attached hydrogens (tertiary/aromatic N) is 1. The second-order valence-electron chi connectivity index (χ2n) is 5.14. The van der Waals surface area contributed by atoms with Crippen molar-refractivity contribution in [3.63, 3.8) is 0 Å². The van der Waals surface area contributed by atoms with Crippen LogP contribution < -0.4 is 4.90 Å². The standard InChI is InChI=1S/C16H19NO2S/c1-11(10-16(18)19)14-8-9-15(20-14)12-4-6-13(7-5-12)17(2)3/h4-9,11H,10H2,1-3H3,(H,18,19). The summed E-state index contributed by atoms with van der Waals surface area (Å²) in [6, 6.07) is 12.5.